The third-order valence-electron chi connectivity index (χ3n) is 2.30. The summed E-state index contributed by atoms with van der Waals surface area (Å²) >= 11 is 0. The van der Waals surface area contributed by atoms with E-state index in [9.17, 15) is 9.59 Å². The fourth-order valence-electron chi connectivity index (χ4n) is 1.43. The summed E-state index contributed by atoms with van der Waals surface area (Å²) in [5.41, 5.74) is 4.34. The first-order valence-electron chi connectivity index (χ1n) is 4.37. The number of nitrogens with two attached hydrogens (primary N) is 1. The number of carbonyl (C=O) groups is 2. The molecule has 0 aromatic heterocycles. The van der Waals surface area contributed by atoms with Crippen LogP contribution in [-0.2, 0) is 19.1 Å². The standard InChI is InChI=1S/C10H13NO4/c1-14-8(12)7-5-3-4-6-10(7,11)9(13)15-2/h3-7H,11H2,1-2H3. The van der Waals surface area contributed by atoms with Crippen molar-refractivity contribution >= 4 is 11.9 Å². The second-order valence-electron chi connectivity index (χ2n) is 3.17. The van der Waals surface area contributed by atoms with Crippen molar-refractivity contribution in [3.05, 3.63) is 24.3 Å². The van der Waals surface area contributed by atoms with E-state index in [-0.39, 0.29) is 0 Å². The molecule has 2 N–H and O–H groups in total. The van der Waals surface area contributed by atoms with Gasteiger partial charge in [0, 0.05) is 0 Å². The summed E-state index contributed by atoms with van der Waals surface area (Å²) in [7, 11) is 2.46. The van der Waals surface area contributed by atoms with E-state index < -0.39 is 23.4 Å². The number of ether oxygens (including phenoxy) is 2. The van der Waals surface area contributed by atoms with Crippen molar-refractivity contribution in [1.82, 2.24) is 0 Å². The van der Waals surface area contributed by atoms with E-state index in [0.29, 0.717) is 0 Å². The predicted molar refractivity (Wildman–Crippen MR) is 52.7 cm³/mol. The molecule has 0 saturated heterocycles. The number of esters is 2. The van der Waals surface area contributed by atoms with E-state index in [1.165, 1.54) is 26.4 Å². The quantitative estimate of drug-likeness (QED) is 0.638. The lowest BCUT2D eigenvalue weighted by Gasteiger charge is -2.29. The molecule has 1 aliphatic carbocycles. The highest BCUT2D eigenvalue weighted by Crippen LogP contribution is 2.24. The Balaban J connectivity index is 3.04. The molecule has 0 amide bonds. The van der Waals surface area contributed by atoms with E-state index >= 15 is 0 Å². The van der Waals surface area contributed by atoms with Gasteiger partial charge in [-0.1, -0.05) is 24.3 Å². The first-order valence-corrected chi connectivity index (χ1v) is 4.37. The van der Waals surface area contributed by atoms with Gasteiger partial charge in [0.25, 0.3) is 0 Å². The van der Waals surface area contributed by atoms with Gasteiger partial charge in [-0.25, -0.2) is 4.79 Å². The zero-order valence-electron chi connectivity index (χ0n) is 8.60. The Morgan fingerprint density at radius 3 is 2.47 bits per heavy atom. The molecule has 5 heteroatoms. The van der Waals surface area contributed by atoms with Gasteiger partial charge in [0.05, 0.1) is 14.2 Å². The highest BCUT2D eigenvalue weighted by atomic mass is 16.5. The summed E-state index contributed by atoms with van der Waals surface area (Å²) in [6.07, 6.45) is 6.18. The Bertz CT molecular complexity index is 334. The molecule has 0 radical (unpaired) electrons. The molecule has 2 atom stereocenters. The molecular formula is C10H13NO4. The zero-order valence-corrected chi connectivity index (χ0v) is 8.60. The Morgan fingerprint density at radius 1 is 1.27 bits per heavy atom. The van der Waals surface area contributed by atoms with Crippen molar-refractivity contribution < 1.29 is 19.1 Å². The SMILES string of the molecule is COC(=O)C1C=CC=CC1(N)C(=O)OC. The number of rotatable bonds is 2. The molecule has 0 heterocycles. The van der Waals surface area contributed by atoms with Crippen LogP contribution in [0.5, 0.6) is 0 Å². The third-order valence-corrected chi connectivity index (χ3v) is 2.30. The maximum atomic E-state index is 11.5. The van der Waals surface area contributed by atoms with E-state index in [0.717, 1.165) is 0 Å². The topological polar surface area (TPSA) is 78.6 Å². The lowest BCUT2D eigenvalue weighted by molar-refractivity contribution is -0.155. The van der Waals surface area contributed by atoms with E-state index in [1.807, 2.05) is 0 Å². The number of hydrogen-bond acceptors (Lipinski definition) is 5. The van der Waals surface area contributed by atoms with E-state index in [4.69, 9.17) is 5.73 Å². The van der Waals surface area contributed by atoms with Gasteiger partial charge in [-0.15, -0.1) is 0 Å². The van der Waals surface area contributed by atoms with Gasteiger partial charge in [0.15, 0.2) is 5.54 Å². The smallest absolute Gasteiger partial charge is 0.331 e. The van der Waals surface area contributed by atoms with Gasteiger partial charge in [0.2, 0.25) is 0 Å². The van der Waals surface area contributed by atoms with Crippen molar-refractivity contribution in [2.45, 2.75) is 5.54 Å². The van der Waals surface area contributed by atoms with Crippen LogP contribution >= 0.6 is 0 Å². The highest BCUT2D eigenvalue weighted by molar-refractivity contribution is 5.92. The fourth-order valence-corrected chi connectivity index (χ4v) is 1.43. The molecule has 0 aliphatic heterocycles. The number of methoxy groups -OCH3 is 2. The van der Waals surface area contributed by atoms with E-state index in [2.05, 4.69) is 9.47 Å². The molecule has 0 spiro atoms. The van der Waals surface area contributed by atoms with Gasteiger partial charge in [-0.3, -0.25) is 4.79 Å². The molecule has 0 fully saturated rings. The van der Waals surface area contributed by atoms with Crippen LogP contribution in [0.2, 0.25) is 0 Å². The van der Waals surface area contributed by atoms with Gasteiger partial charge >= 0.3 is 11.9 Å². The average molecular weight is 211 g/mol. The van der Waals surface area contributed by atoms with Crippen LogP contribution in [-0.4, -0.2) is 31.7 Å². The van der Waals surface area contributed by atoms with Crippen LogP contribution in [0.15, 0.2) is 24.3 Å². The van der Waals surface area contributed by atoms with Crippen molar-refractivity contribution in [1.29, 1.82) is 0 Å². The normalized spacial score (nSPS) is 28.6. The van der Waals surface area contributed by atoms with E-state index in [1.54, 1.807) is 12.2 Å². The minimum Gasteiger partial charge on any atom is -0.468 e. The van der Waals surface area contributed by atoms with Gasteiger partial charge in [0.1, 0.15) is 5.92 Å². The minimum absolute atomic E-state index is 0.566. The number of carbonyl (C=O) groups excluding carboxylic acids is 2. The molecule has 1 aliphatic rings. The first kappa shape index (κ1) is 11.5. The molecule has 82 valence electrons. The van der Waals surface area contributed by atoms with Gasteiger partial charge < -0.3 is 15.2 Å². The van der Waals surface area contributed by atoms with Crippen LogP contribution in [0.3, 0.4) is 0 Å². The molecule has 0 aromatic carbocycles. The van der Waals surface area contributed by atoms with Gasteiger partial charge in [-0.05, 0) is 0 Å². The Labute approximate surface area is 87.5 Å². The molecule has 0 saturated carbocycles. The Kier molecular flexibility index (Phi) is 3.26. The summed E-state index contributed by atoms with van der Waals surface area (Å²) in [5.74, 6) is -2.08. The molecular weight excluding hydrogens is 198 g/mol. The average Bonchev–Trinajstić information content (AvgIpc) is 2.27. The fraction of sp³-hybridized carbons (Fsp3) is 0.400. The van der Waals surface area contributed by atoms with Crippen LogP contribution < -0.4 is 5.73 Å². The van der Waals surface area contributed by atoms with Crippen LogP contribution in [0.25, 0.3) is 0 Å². The Morgan fingerprint density at radius 2 is 1.93 bits per heavy atom. The first-order chi connectivity index (χ1) is 7.06. The zero-order chi connectivity index (χ0) is 11.5. The molecule has 0 aromatic rings. The molecule has 5 nitrogen and oxygen atoms in total. The summed E-state index contributed by atoms with van der Waals surface area (Å²) in [6.45, 7) is 0. The molecule has 1 rings (SSSR count). The molecule has 15 heavy (non-hydrogen) atoms. The summed E-state index contributed by atoms with van der Waals surface area (Å²) in [5, 5.41) is 0. The lowest BCUT2D eigenvalue weighted by atomic mass is 9.81. The van der Waals surface area contributed by atoms with Crippen LogP contribution in [0.1, 0.15) is 0 Å². The highest BCUT2D eigenvalue weighted by Gasteiger charge is 2.45. The van der Waals surface area contributed by atoms with Crippen LogP contribution in [0, 0.1) is 5.92 Å². The molecule has 2 unspecified atom stereocenters. The largest absolute Gasteiger partial charge is 0.468 e. The lowest BCUT2D eigenvalue weighted by Crippen LogP contribution is -2.56. The van der Waals surface area contributed by atoms with Crippen molar-refractivity contribution in [3.63, 3.8) is 0 Å². The maximum Gasteiger partial charge on any atom is 0.331 e. The maximum absolute atomic E-state index is 11.5. The van der Waals surface area contributed by atoms with Crippen LogP contribution in [0.4, 0.5) is 0 Å². The Hall–Kier alpha value is -1.62. The summed E-state index contributed by atoms with van der Waals surface area (Å²) in [4.78, 5) is 22.9. The molecule has 0 bridgehead atoms. The predicted octanol–water partition coefficient (Wildman–Crippen LogP) is -0.228. The second-order valence-corrected chi connectivity index (χ2v) is 3.17. The number of allylic oxidation sites excluding steroid dienone is 2. The van der Waals surface area contributed by atoms with Crippen molar-refractivity contribution in [2.75, 3.05) is 14.2 Å². The number of hydrogen-bond donors (Lipinski definition) is 1. The van der Waals surface area contributed by atoms with Crippen molar-refractivity contribution in [3.8, 4) is 0 Å². The monoisotopic (exact) mass is 211 g/mol. The third kappa shape index (κ3) is 1.92. The van der Waals surface area contributed by atoms with Crippen molar-refractivity contribution in [2.24, 2.45) is 11.7 Å². The summed E-state index contributed by atoms with van der Waals surface area (Å²) in [6, 6.07) is 0. The second kappa shape index (κ2) is 4.27. The summed E-state index contributed by atoms with van der Waals surface area (Å²) < 4.78 is 9.13. The van der Waals surface area contributed by atoms with Gasteiger partial charge in [-0.2, -0.15) is 0 Å². The minimum atomic E-state index is -1.48.